The molecule has 1 unspecified atom stereocenters. The lowest BCUT2D eigenvalue weighted by Gasteiger charge is -2.38. The molecule has 3 aromatic rings. The Balaban J connectivity index is 1.64. The summed E-state index contributed by atoms with van der Waals surface area (Å²) in [6, 6.07) is 6.42. The van der Waals surface area contributed by atoms with Crippen LogP contribution >= 0.6 is 9.24 Å². The minimum Gasteiger partial charge on any atom is -0.474 e. The molecule has 0 spiro atoms. The van der Waals surface area contributed by atoms with E-state index in [1.54, 1.807) is 39.1 Å². The highest BCUT2D eigenvalue weighted by Crippen LogP contribution is 2.34. The van der Waals surface area contributed by atoms with E-state index in [0.29, 0.717) is 36.7 Å². The fourth-order valence-corrected chi connectivity index (χ4v) is 6.40. The second-order valence-corrected chi connectivity index (χ2v) is 13.0. The number of aromatic nitrogens is 4. The van der Waals surface area contributed by atoms with Crippen molar-refractivity contribution in [2.75, 3.05) is 20.1 Å². The molecule has 1 saturated heterocycles. The number of carbonyl (C=O) groups excluding carboxylic acids is 1. The van der Waals surface area contributed by atoms with E-state index in [-0.39, 0.29) is 71.7 Å². The van der Waals surface area contributed by atoms with Gasteiger partial charge in [0.05, 0.1) is 11.5 Å². The number of likely N-dealkylation sites (tertiary alicyclic amines) is 1. The summed E-state index contributed by atoms with van der Waals surface area (Å²) in [6.45, 7) is 13.8. The number of nitrogens with zero attached hydrogens (tertiary/aromatic N) is 5. The number of rotatable bonds is 14. The normalized spacial score (nSPS) is 18.9. The van der Waals surface area contributed by atoms with Gasteiger partial charge >= 0.3 is 0 Å². The number of halogens is 2. The van der Waals surface area contributed by atoms with Crippen LogP contribution in [0.5, 0.6) is 11.8 Å². The molecule has 1 aliphatic rings. The number of benzene rings is 1. The quantitative estimate of drug-likeness (QED) is 0.185. The van der Waals surface area contributed by atoms with E-state index in [9.17, 15) is 13.6 Å². The smallest absolute Gasteiger partial charge is 0.246 e. The van der Waals surface area contributed by atoms with E-state index >= 15 is 0 Å². The number of carbonyl (C=O) groups is 1. The van der Waals surface area contributed by atoms with Crippen LogP contribution in [0, 0.1) is 11.7 Å². The maximum Gasteiger partial charge on any atom is 0.246 e. The van der Waals surface area contributed by atoms with E-state index in [2.05, 4.69) is 41.2 Å². The lowest BCUT2D eigenvalue weighted by molar-refractivity contribution is -0.131. The molecular formula is C33H45F2N6O4P. The molecule has 1 amide bonds. The molecule has 1 aromatic carbocycles. The predicted octanol–water partition coefficient (Wildman–Crippen LogP) is 5.18. The van der Waals surface area contributed by atoms with Gasteiger partial charge in [-0.05, 0) is 64.0 Å². The molecule has 3 heterocycles. The largest absolute Gasteiger partial charge is 0.474 e. The second kappa shape index (κ2) is 15.4. The van der Waals surface area contributed by atoms with Crippen molar-refractivity contribution >= 4 is 20.5 Å². The number of piperidine rings is 1. The Morgan fingerprint density at radius 3 is 2.67 bits per heavy atom. The molecule has 4 rings (SSSR count). The summed E-state index contributed by atoms with van der Waals surface area (Å²) >= 11 is 0. The Kier molecular flexibility index (Phi) is 11.8. The zero-order chi connectivity index (χ0) is 33.6. The number of hydrogen-bond acceptors (Lipinski definition) is 9. The maximum absolute atomic E-state index is 14.9. The highest BCUT2D eigenvalue weighted by atomic mass is 31.0. The van der Waals surface area contributed by atoms with Gasteiger partial charge in [-0.2, -0.15) is 15.0 Å². The summed E-state index contributed by atoms with van der Waals surface area (Å²) in [5.41, 5.74) is -0.552. The van der Waals surface area contributed by atoms with E-state index in [0.717, 1.165) is 6.42 Å². The Morgan fingerprint density at radius 1 is 1.26 bits per heavy atom. The highest BCUT2D eigenvalue weighted by molar-refractivity contribution is 7.27. The molecule has 6 atom stereocenters. The van der Waals surface area contributed by atoms with Gasteiger partial charge in [-0.25, -0.2) is 8.78 Å². The molecule has 46 heavy (non-hydrogen) atoms. The molecule has 0 saturated carbocycles. The number of nitrogens with one attached hydrogen (secondary N) is 1. The first-order valence-corrected chi connectivity index (χ1v) is 16.3. The van der Waals surface area contributed by atoms with Gasteiger partial charge in [0.2, 0.25) is 35.2 Å². The summed E-state index contributed by atoms with van der Waals surface area (Å²) in [7, 11) is 4.26. The summed E-state index contributed by atoms with van der Waals surface area (Å²) < 4.78 is 47.5. The minimum atomic E-state index is -1.02. The van der Waals surface area contributed by atoms with Crippen molar-refractivity contribution in [2.24, 2.45) is 5.92 Å². The van der Waals surface area contributed by atoms with Crippen molar-refractivity contribution in [2.45, 2.75) is 90.1 Å². The maximum atomic E-state index is 14.9. The average Bonchev–Trinajstić information content (AvgIpc) is 3.52. The topological polar surface area (TPSA) is 116 Å². The molecule has 2 aromatic heterocycles. The van der Waals surface area contributed by atoms with Crippen LogP contribution in [0.2, 0.25) is 0 Å². The van der Waals surface area contributed by atoms with Gasteiger partial charge in [0, 0.05) is 37.5 Å². The highest BCUT2D eigenvalue weighted by Gasteiger charge is 2.35. The van der Waals surface area contributed by atoms with Gasteiger partial charge in [-0.15, -0.1) is 9.24 Å². The Hall–Kier alpha value is -3.50. The van der Waals surface area contributed by atoms with Gasteiger partial charge < -0.3 is 24.2 Å². The molecular weight excluding hydrogens is 613 g/mol. The van der Waals surface area contributed by atoms with Crippen LogP contribution in [-0.2, 0) is 10.2 Å². The number of hydrogen-bond donors (Lipinski definition) is 1. The monoisotopic (exact) mass is 658 g/mol. The minimum absolute atomic E-state index is 0.00425. The van der Waals surface area contributed by atoms with Crippen molar-refractivity contribution in [3.05, 3.63) is 54.2 Å². The van der Waals surface area contributed by atoms with E-state index in [1.165, 1.54) is 12.1 Å². The second-order valence-electron chi connectivity index (χ2n) is 12.4. The zero-order valence-corrected chi connectivity index (χ0v) is 28.6. The third-order valence-electron chi connectivity index (χ3n) is 8.56. The van der Waals surface area contributed by atoms with Crippen LogP contribution < -0.4 is 20.1 Å². The van der Waals surface area contributed by atoms with Gasteiger partial charge in [-0.1, -0.05) is 37.7 Å². The molecule has 10 nitrogen and oxygen atoms in total. The van der Waals surface area contributed by atoms with Gasteiger partial charge in [0.25, 0.3) is 0 Å². The SMILES string of the molecule is C=CC(=O)N1CC[C@H](Oc2cc(O[C@@H](C)[C@@H](C)C[C@H](F)CNC)nc(-c3noc(C(C)(C)c4c(F)cccc4P)n3)n2)C[C@H]1CC. The zero-order valence-electron chi connectivity index (χ0n) is 27.4. The van der Waals surface area contributed by atoms with Crippen molar-refractivity contribution in [3.63, 3.8) is 0 Å². The number of ether oxygens (including phenoxy) is 2. The van der Waals surface area contributed by atoms with Crippen molar-refractivity contribution in [3.8, 4) is 23.4 Å². The molecule has 0 bridgehead atoms. The fourth-order valence-electron chi connectivity index (χ4n) is 5.79. The van der Waals surface area contributed by atoms with Crippen molar-refractivity contribution < 1.29 is 27.6 Å². The fraction of sp³-hybridized carbons (Fsp3) is 0.545. The van der Waals surface area contributed by atoms with E-state index in [1.807, 2.05) is 25.7 Å². The summed E-state index contributed by atoms with van der Waals surface area (Å²) in [5.74, 6) is 0.203. The third-order valence-corrected chi connectivity index (χ3v) is 9.04. The van der Waals surface area contributed by atoms with Crippen LogP contribution in [0.25, 0.3) is 11.6 Å². The third kappa shape index (κ3) is 8.25. The van der Waals surface area contributed by atoms with Crippen LogP contribution in [0.3, 0.4) is 0 Å². The first kappa shape index (κ1) is 35.4. The van der Waals surface area contributed by atoms with Gasteiger partial charge in [0.1, 0.15) is 24.2 Å². The van der Waals surface area contributed by atoms with Crippen LogP contribution in [0.1, 0.15) is 71.8 Å². The van der Waals surface area contributed by atoms with Crippen LogP contribution in [-0.4, -0.2) is 75.5 Å². The first-order valence-electron chi connectivity index (χ1n) is 15.7. The summed E-state index contributed by atoms with van der Waals surface area (Å²) in [5, 5.41) is 7.67. The molecule has 1 N–H and O–H groups in total. The van der Waals surface area contributed by atoms with Gasteiger partial charge in [-0.3, -0.25) is 4.79 Å². The van der Waals surface area contributed by atoms with Gasteiger partial charge in [0.15, 0.2) is 0 Å². The molecule has 0 aliphatic carbocycles. The number of alkyl halides is 1. The van der Waals surface area contributed by atoms with Crippen LogP contribution in [0.15, 0.2) is 41.4 Å². The molecule has 13 heteroatoms. The Bertz CT molecular complexity index is 1480. The number of amides is 1. The Labute approximate surface area is 271 Å². The molecule has 1 fully saturated rings. The molecule has 250 valence electrons. The molecule has 0 radical (unpaired) electrons. The predicted molar refractivity (Wildman–Crippen MR) is 176 cm³/mol. The Morgan fingerprint density at radius 2 is 2.00 bits per heavy atom. The standard InChI is InChI=1S/C33H45F2N6O4P/c1-8-22-16-23(13-14-41(22)28(42)9-2)44-27-17-26(43-20(4)19(3)15-21(34)18-36-7)37-30(38-27)31-39-32(45-40-31)33(5,6)29-24(35)11-10-12-25(29)46/h9-12,17,19-23,36H,2,8,13-16,18,46H2,1,3-7H3/t19-,20-,21-,22+,23-/m0/s1. The van der Waals surface area contributed by atoms with E-state index in [4.69, 9.17) is 14.0 Å². The van der Waals surface area contributed by atoms with Crippen LogP contribution in [0.4, 0.5) is 8.78 Å². The lowest BCUT2D eigenvalue weighted by atomic mass is 9.84. The summed E-state index contributed by atoms with van der Waals surface area (Å²) in [4.78, 5) is 27.9. The average molecular weight is 659 g/mol. The van der Waals surface area contributed by atoms with Crippen molar-refractivity contribution in [1.82, 2.24) is 30.3 Å². The summed E-state index contributed by atoms with van der Waals surface area (Å²) in [6.07, 6.45) is 2.00. The molecule has 1 aliphatic heterocycles. The van der Waals surface area contributed by atoms with E-state index < -0.39 is 11.6 Å². The van der Waals surface area contributed by atoms with Crippen molar-refractivity contribution in [1.29, 1.82) is 0 Å². The first-order chi connectivity index (χ1) is 21.9. The lowest BCUT2D eigenvalue weighted by Crippen LogP contribution is -2.48.